The van der Waals surface area contributed by atoms with Gasteiger partial charge in [0.2, 0.25) is 15.9 Å². The molecule has 0 spiro atoms. The first-order valence-electron chi connectivity index (χ1n) is 12.0. The molecule has 0 aromatic heterocycles. The number of benzene rings is 1. The lowest BCUT2D eigenvalue weighted by atomic mass is 9.85. The number of hydrogen-bond acceptors (Lipinski definition) is 4. The number of aryl methyl sites for hydroxylation is 1. The van der Waals surface area contributed by atoms with Gasteiger partial charge in [-0.05, 0) is 69.2 Å². The van der Waals surface area contributed by atoms with Crippen LogP contribution in [-0.4, -0.2) is 73.2 Å². The number of amides is 1. The third kappa shape index (κ3) is 4.46. The van der Waals surface area contributed by atoms with Gasteiger partial charge < -0.3 is 9.80 Å². The zero-order valence-corrected chi connectivity index (χ0v) is 21.0. The largest absolute Gasteiger partial charge is 0.341 e. The molecule has 1 amide bonds. The van der Waals surface area contributed by atoms with E-state index in [4.69, 9.17) is 11.6 Å². The molecule has 1 aromatic rings. The molecule has 6 nitrogen and oxygen atoms in total. The molecule has 1 saturated carbocycles. The van der Waals surface area contributed by atoms with Crippen molar-refractivity contribution < 1.29 is 13.2 Å². The number of rotatable bonds is 5. The zero-order chi connectivity index (χ0) is 23.0. The van der Waals surface area contributed by atoms with Gasteiger partial charge in [0.1, 0.15) is 10.9 Å². The number of carbonyl (C=O) groups is 1. The molecular formula is C24H36ClN3O3S. The maximum Gasteiger partial charge on any atom is 0.245 e. The normalized spacial score (nSPS) is 27.9. The fraction of sp³-hybridized carbons (Fsp3) is 0.708. The molecule has 1 aliphatic carbocycles. The molecule has 0 bridgehead atoms. The van der Waals surface area contributed by atoms with Gasteiger partial charge in [0, 0.05) is 32.2 Å². The molecule has 3 aliphatic rings. The van der Waals surface area contributed by atoms with Crippen molar-refractivity contribution in [1.82, 2.24) is 14.1 Å². The van der Waals surface area contributed by atoms with Gasteiger partial charge in [-0.15, -0.1) is 0 Å². The SMILES string of the molecule is CCN1CCC(N(C)C(=O)[C@@H]2C[C@H]3CCCC[C@@H]3N2S(=O)(=O)c2ccc(C)cc2Cl)CC1. The van der Waals surface area contributed by atoms with E-state index in [1.165, 1.54) is 0 Å². The molecule has 0 N–H and O–H groups in total. The Morgan fingerprint density at radius 2 is 1.84 bits per heavy atom. The van der Waals surface area contributed by atoms with Crippen molar-refractivity contribution in [3.05, 3.63) is 28.8 Å². The Labute approximate surface area is 197 Å². The highest BCUT2D eigenvalue weighted by molar-refractivity contribution is 7.89. The second-order valence-corrected chi connectivity index (χ2v) is 12.0. The lowest BCUT2D eigenvalue weighted by Crippen LogP contribution is -2.53. The number of likely N-dealkylation sites (tertiary alicyclic amines) is 1. The quantitative estimate of drug-likeness (QED) is 0.639. The van der Waals surface area contributed by atoms with Crippen molar-refractivity contribution in [2.45, 2.75) is 81.8 Å². The van der Waals surface area contributed by atoms with E-state index in [0.717, 1.165) is 63.7 Å². The highest BCUT2D eigenvalue weighted by Gasteiger charge is 2.52. The Balaban J connectivity index is 1.63. The summed E-state index contributed by atoms with van der Waals surface area (Å²) in [5, 5.41) is 0.232. The summed E-state index contributed by atoms with van der Waals surface area (Å²) in [6, 6.07) is 4.47. The van der Waals surface area contributed by atoms with Gasteiger partial charge in [0.15, 0.2) is 0 Å². The smallest absolute Gasteiger partial charge is 0.245 e. The lowest BCUT2D eigenvalue weighted by molar-refractivity contribution is -0.136. The number of piperidine rings is 1. The molecule has 32 heavy (non-hydrogen) atoms. The second-order valence-electron chi connectivity index (χ2n) is 9.75. The Morgan fingerprint density at radius 1 is 1.16 bits per heavy atom. The van der Waals surface area contributed by atoms with Gasteiger partial charge in [0.05, 0.1) is 5.02 Å². The maximum atomic E-state index is 13.9. The third-order valence-corrected chi connectivity index (χ3v) is 10.3. The van der Waals surface area contributed by atoms with Crippen LogP contribution in [0.1, 0.15) is 57.4 Å². The minimum absolute atomic E-state index is 0.0545. The molecule has 2 heterocycles. The summed E-state index contributed by atoms with van der Waals surface area (Å²) < 4.78 is 29.3. The predicted octanol–water partition coefficient (Wildman–Crippen LogP) is 3.91. The van der Waals surface area contributed by atoms with Crippen LogP contribution in [0.4, 0.5) is 0 Å². The van der Waals surface area contributed by atoms with Crippen LogP contribution in [0.15, 0.2) is 23.1 Å². The average Bonchev–Trinajstić information content (AvgIpc) is 3.18. The van der Waals surface area contributed by atoms with Crippen LogP contribution in [0.5, 0.6) is 0 Å². The average molecular weight is 482 g/mol. The molecule has 2 saturated heterocycles. The van der Waals surface area contributed by atoms with Gasteiger partial charge in [-0.25, -0.2) is 8.42 Å². The molecule has 1 aromatic carbocycles. The number of hydrogen-bond donors (Lipinski definition) is 0. The van der Waals surface area contributed by atoms with Crippen molar-refractivity contribution in [2.24, 2.45) is 5.92 Å². The number of carbonyl (C=O) groups excluding carboxylic acids is 1. The minimum atomic E-state index is -3.88. The summed E-state index contributed by atoms with van der Waals surface area (Å²) in [6.07, 6.45) is 6.40. The number of sulfonamides is 1. The number of halogens is 1. The molecule has 178 valence electrons. The van der Waals surface area contributed by atoms with Crippen LogP contribution in [-0.2, 0) is 14.8 Å². The van der Waals surface area contributed by atoms with Crippen LogP contribution < -0.4 is 0 Å². The zero-order valence-electron chi connectivity index (χ0n) is 19.5. The summed E-state index contributed by atoms with van der Waals surface area (Å²) in [5.74, 6) is 0.188. The first-order chi connectivity index (χ1) is 15.2. The van der Waals surface area contributed by atoms with E-state index in [2.05, 4.69) is 11.8 Å². The molecule has 3 fully saturated rings. The fourth-order valence-corrected chi connectivity index (χ4v) is 8.39. The third-order valence-electron chi connectivity index (χ3n) is 7.86. The summed E-state index contributed by atoms with van der Waals surface area (Å²) in [4.78, 5) is 18.1. The molecule has 2 aliphatic heterocycles. The molecule has 4 rings (SSSR count). The monoisotopic (exact) mass is 481 g/mol. The highest BCUT2D eigenvalue weighted by atomic mass is 35.5. The summed E-state index contributed by atoms with van der Waals surface area (Å²) >= 11 is 6.40. The van der Waals surface area contributed by atoms with Crippen molar-refractivity contribution >= 4 is 27.5 Å². The van der Waals surface area contributed by atoms with Crippen molar-refractivity contribution in [3.8, 4) is 0 Å². The summed E-state index contributed by atoms with van der Waals surface area (Å²) in [7, 11) is -2.02. The summed E-state index contributed by atoms with van der Waals surface area (Å²) in [5.41, 5.74) is 0.914. The molecule has 8 heteroatoms. The first kappa shape index (κ1) is 24.0. The summed E-state index contributed by atoms with van der Waals surface area (Å²) in [6.45, 7) is 7.04. The van der Waals surface area contributed by atoms with Crippen molar-refractivity contribution in [3.63, 3.8) is 0 Å². The van der Waals surface area contributed by atoms with Gasteiger partial charge >= 0.3 is 0 Å². The van der Waals surface area contributed by atoms with E-state index < -0.39 is 16.1 Å². The Kier molecular flexibility index (Phi) is 7.20. The van der Waals surface area contributed by atoms with Crippen LogP contribution in [0.3, 0.4) is 0 Å². The molecule has 3 atom stereocenters. The van der Waals surface area contributed by atoms with E-state index in [1.54, 1.807) is 22.5 Å². The number of fused-ring (bicyclic) bond motifs is 1. The second kappa shape index (κ2) is 9.61. The number of nitrogens with zero attached hydrogens (tertiary/aromatic N) is 3. The maximum absolute atomic E-state index is 13.9. The van der Waals surface area contributed by atoms with Crippen LogP contribution in [0.2, 0.25) is 5.02 Å². The van der Waals surface area contributed by atoms with Crippen LogP contribution in [0, 0.1) is 12.8 Å². The number of likely N-dealkylation sites (N-methyl/N-ethyl adjacent to an activating group) is 1. The standard InChI is InChI=1S/C24H36ClN3O3S/c1-4-27-13-11-19(12-14-27)26(3)24(29)22-16-18-7-5-6-8-21(18)28(22)32(30,31)23-10-9-17(2)15-20(23)25/h9-10,15,18-19,21-22H,4-8,11-14,16H2,1-3H3/t18-,21+,22+/m1/s1. The van der Waals surface area contributed by atoms with E-state index in [9.17, 15) is 13.2 Å². The van der Waals surface area contributed by atoms with Crippen molar-refractivity contribution in [1.29, 1.82) is 0 Å². The van der Waals surface area contributed by atoms with E-state index in [1.807, 2.05) is 18.9 Å². The molecule has 0 unspecified atom stereocenters. The van der Waals surface area contributed by atoms with Gasteiger partial charge in [-0.2, -0.15) is 4.31 Å². The fourth-order valence-electron chi connectivity index (χ4n) is 5.94. The first-order valence-corrected chi connectivity index (χ1v) is 13.8. The topological polar surface area (TPSA) is 60.9 Å². The predicted molar refractivity (Wildman–Crippen MR) is 127 cm³/mol. The van der Waals surface area contributed by atoms with Gasteiger partial charge in [0.25, 0.3) is 0 Å². The molecular weight excluding hydrogens is 446 g/mol. The van der Waals surface area contributed by atoms with E-state index >= 15 is 0 Å². The minimum Gasteiger partial charge on any atom is -0.341 e. The Hall–Kier alpha value is -1.15. The van der Waals surface area contributed by atoms with E-state index in [-0.39, 0.29) is 33.8 Å². The lowest BCUT2D eigenvalue weighted by Gasteiger charge is -2.39. The van der Waals surface area contributed by atoms with Gasteiger partial charge in [-0.1, -0.05) is 37.4 Å². The Morgan fingerprint density at radius 3 is 2.50 bits per heavy atom. The van der Waals surface area contributed by atoms with Crippen LogP contribution >= 0.6 is 11.6 Å². The van der Waals surface area contributed by atoms with Gasteiger partial charge in [-0.3, -0.25) is 4.79 Å². The van der Waals surface area contributed by atoms with Crippen molar-refractivity contribution in [2.75, 3.05) is 26.7 Å². The molecule has 0 radical (unpaired) electrons. The van der Waals surface area contributed by atoms with E-state index in [0.29, 0.717) is 6.42 Å². The van der Waals surface area contributed by atoms with Crippen LogP contribution in [0.25, 0.3) is 0 Å². The highest BCUT2D eigenvalue weighted by Crippen LogP contribution is 2.44. The Bertz CT molecular complexity index is 946.